The number of ether oxygens (including phenoxy) is 1. The average Bonchev–Trinajstić information content (AvgIpc) is 3.10. The van der Waals surface area contributed by atoms with Crippen LogP contribution in [0.1, 0.15) is 37.8 Å². The molecule has 7 heteroatoms. The summed E-state index contributed by atoms with van der Waals surface area (Å²) in [6.07, 6.45) is 8.18. The highest BCUT2D eigenvalue weighted by Crippen LogP contribution is 2.17. The van der Waals surface area contributed by atoms with Gasteiger partial charge in [-0.2, -0.15) is 5.10 Å². The van der Waals surface area contributed by atoms with Crippen molar-refractivity contribution in [3.63, 3.8) is 0 Å². The highest BCUT2D eigenvalue weighted by Gasteiger charge is 2.13. The molecule has 0 amide bonds. The third-order valence-electron chi connectivity index (χ3n) is 4.35. The quantitative estimate of drug-likeness (QED) is 0.413. The molecule has 1 aromatic carbocycles. The fourth-order valence-corrected chi connectivity index (χ4v) is 2.99. The molecular weight excluding hydrogens is 429 g/mol. The number of guanidine groups is 1. The second kappa shape index (κ2) is 9.65. The molecule has 0 aliphatic heterocycles. The number of nitrogens with two attached hydrogens (primary N) is 1. The first kappa shape index (κ1) is 19.6. The summed E-state index contributed by atoms with van der Waals surface area (Å²) in [6, 6.07) is 10.2. The monoisotopic (exact) mass is 455 g/mol. The van der Waals surface area contributed by atoms with E-state index < -0.39 is 0 Å². The lowest BCUT2D eigenvalue weighted by Gasteiger charge is -2.23. The Kier molecular flexibility index (Phi) is 7.54. The molecule has 3 N–H and O–H groups in total. The van der Waals surface area contributed by atoms with E-state index in [0.29, 0.717) is 18.5 Å². The van der Waals surface area contributed by atoms with Crippen LogP contribution in [0.3, 0.4) is 0 Å². The molecule has 0 saturated heterocycles. The smallest absolute Gasteiger partial charge is 0.189 e. The highest BCUT2D eigenvalue weighted by molar-refractivity contribution is 14.0. The molecule has 2 aromatic rings. The Labute approximate surface area is 165 Å². The molecule has 1 fully saturated rings. The molecule has 0 spiro atoms. The molecule has 0 radical (unpaired) electrons. The first-order valence-electron chi connectivity index (χ1n) is 8.50. The predicted octanol–water partition coefficient (Wildman–Crippen LogP) is 3.24. The first-order valence-corrected chi connectivity index (χ1v) is 8.50. The summed E-state index contributed by atoms with van der Waals surface area (Å²) < 4.78 is 7.00. The van der Waals surface area contributed by atoms with Crippen LogP contribution in [0.15, 0.2) is 41.5 Å². The van der Waals surface area contributed by atoms with Crippen molar-refractivity contribution in [3.05, 3.63) is 42.2 Å². The molecule has 0 bridgehead atoms. The number of hydrogen-bond acceptors (Lipinski definition) is 3. The van der Waals surface area contributed by atoms with Gasteiger partial charge >= 0.3 is 0 Å². The Hall–Kier alpha value is -1.77. The van der Waals surface area contributed by atoms with Crippen molar-refractivity contribution in [2.45, 2.75) is 44.7 Å². The maximum absolute atomic E-state index is 5.99. The standard InChI is InChI=1S/C18H25N5O.HI/c1-24-17-9-7-16(8-10-17)23-12-11-15(22-23)13-20-18(19)21-14-5-3-2-4-6-14;/h7-12,14H,2-6,13H2,1H3,(H3,19,20,21);1H. The molecule has 1 aromatic heterocycles. The third kappa shape index (κ3) is 5.62. The zero-order valence-corrected chi connectivity index (χ0v) is 16.8. The summed E-state index contributed by atoms with van der Waals surface area (Å²) in [5.74, 6) is 1.35. The third-order valence-corrected chi connectivity index (χ3v) is 4.35. The number of rotatable bonds is 5. The van der Waals surface area contributed by atoms with E-state index in [-0.39, 0.29) is 24.0 Å². The van der Waals surface area contributed by atoms with Gasteiger partial charge in [0.15, 0.2) is 5.96 Å². The van der Waals surface area contributed by atoms with Gasteiger partial charge in [0.1, 0.15) is 5.75 Å². The maximum Gasteiger partial charge on any atom is 0.189 e. The molecule has 6 nitrogen and oxygen atoms in total. The Morgan fingerprint density at radius 2 is 1.96 bits per heavy atom. The van der Waals surface area contributed by atoms with E-state index in [1.54, 1.807) is 7.11 Å². The van der Waals surface area contributed by atoms with Crippen molar-refractivity contribution in [2.24, 2.45) is 10.7 Å². The minimum absolute atomic E-state index is 0. The average molecular weight is 455 g/mol. The van der Waals surface area contributed by atoms with Gasteiger partial charge < -0.3 is 15.8 Å². The van der Waals surface area contributed by atoms with E-state index in [0.717, 1.165) is 17.1 Å². The normalized spacial score (nSPS) is 15.5. The second-order valence-corrected chi connectivity index (χ2v) is 6.13. The fourth-order valence-electron chi connectivity index (χ4n) is 2.99. The number of aliphatic imine (C=N–C) groups is 1. The molecule has 1 saturated carbocycles. The zero-order chi connectivity index (χ0) is 16.8. The molecule has 0 atom stereocenters. The maximum atomic E-state index is 5.99. The van der Waals surface area contributed by atoms with Gasteiger partial charge in [-0.15, -0.1) is 24.0 Å². The van der Waals surface area contributed by atoms with Crippen LogP contribution in [0.25, 0.3) is 5.69 Å². The van der Waals surface area contributed by atoms with Gasteiger partial charge in [-0.1, -0.05) is 19.3 Å². The van der Waals surface area contributed by atoms with Gasteiger partial charge in [0.25, 0.3) is 0 Å². The number of nitrogens with zero attached hydrogens (tertiary/aromatic N) is 3. The molecule has 0 unspecified atom stereocenters. The van der Waals surface area contributed by atoms with Crippen molar-refractivity contribution in [3.8, 4) is 11.4 Å². The lowest BCUT2D eigenvalue weighted by molar-refractivity contribution is 0.412. The van der Waals surface area contributed by atoms with Crippen LogP contribution in [0, 0.1) is 0 Å². The van der Waals surface area contributed by atoms with Gasteiger partial charge in [-0.3, -0.25) is 0 Å². The van der Waals surface area contributed by atoms with Crippen molar-refractivity contribution in [1.82, 2.24) is 15.1 Å². The number of aromatic nitrogens is 2. The predicted molar refractivity (Wildman–Crippen MR) is 111 cm³/mol. The van der Waals surface area contributed by atoms with Crippen LogP contribution in [0.2, 0.25) is 0 Å². The van der Waals surface area contributed by atoms with Crippen LogP contribution in [0.5, 0.6) is 5.75 Å². The minimum Gasteiger partial charge on any atom is -0.497 e. The summed E-state index contributed by atoms with van der Waals surface area (Å²) in [7, 11) is 1.66. The Bertz CT molecular complexity index is 677. The number of halogens is 1. The van der Waals surface area contributed by atoms with E-state index >= 15 is 0 Å². The molecular formula is C18H26IN5O. The van der Waals surface area contributed by atoms with E-state index in [1.165, 1.54) is 32.1 Å². The first-order chi connectivity index (χ1) is 11.7. The van der Waals surface area contributed by atoms with Crippen molar-refractivity contribution < 1.29 is 4.74 Å². The lowest BCUT2D eigenvalue weighted by Crippen LogP contribution is -2.41. The summed E-state index contributed by atoms with van der Waals surface area (Å²) in [5, 5.41) is 7.86. The van der Waals surface area contributed by atoms with Crippen LogP contribution in [-0.2, 0) is 6.54 Å². The number of hydrogen-bond donors (Lipinski definition) is 2. The fraction of sp³-hybridized carbons (Fsp3) is 0.444. The van der Waals surface area contributed by atoms with E-state index in [4.69, 9.17) is 10.5 Å². The van der Waals surface area contributed by atoms with Gasteiger partial charge in [0.05, 0.1) is 25.0 Å². The molecule has 25 heavy (non-hydrogen) atoms. The largest absolute Gasteiger partial charge is 0.497 e. The van der Waals surface area contributed by atoms with Crippen LogP contribution in [-0.4, -0.2) is 28.9 Å². The summed E-state index contributed by atoms with van der Waals surface area (Å²) >= 11 is 0. The van der Waals surface area contributed by atoms with Crippen molar-refractivity contribution in [2.75, 3.05) is 7.11 Å². The Balaban J connectivity index is 0.00000225. The van der Waals surface area contributed by atoms with E-state index in [1.807, 2.05) is 41.2 Å². The van der Waals surface area contributed by atoms with Crippen molar-refractivity contribution >= 4 is 29.9 Å². The molecule has 1 heterocycles. The van der Waals surface area contributed by atoms with E-state index in [9.17, 15) is 0 Å². The molecule has 3 rings (SSSR count). The van der Waals surface area contributed by atoms with E-state index in [2.05, 4.69) is 15.4 Å². The number of methoxy groups -OCH3 is 1. The van der Waals surface area contributed by atoms with Gasteiger partial charge in [-0.05, 0) is 43.2 Å². The van der Waals surface area contributed by atoms with Crippen molar-refractivity contribution in [1.29, 1.82) is 0 Å². The SMILES string of the molecule is COc1ccc(-n2ccc(CN=C(N)NC3CCCCC3)n2)cc1.I. The van der Waals surface area contributed by atoms with Gasteiger partial charge in [0.2, 0.25) is 0 Å². The molecule has 136 valence electrons. The van der Waals surface area contributed by atoms with Crippen LogP contribution in [0.4, 0.5) is 0 Å². The lowest BCUT2D eigenvalue weighted by atomic mass is 9.96. The number of benzene rings is 1. The summed E-state index contributed by atoms with van der Waals surface area (Å²) in [6.45, 7) is 0.481. The molecule has 1 aliphatic rings. The second-order valence-electron chi connectivity index (χ2n) is 6.13. The molecule has 1 aliphatic carbocycles. The topological polar surface area (TPSA) is 77.5 Å². The van der Waals surface area contributed by atoms with Crippen LogP contribution < -0.4 is 15.8 Å². The summed E-state index contributed by atoms with van der Waals surface area (Å²) in [5.41, 5.74) is 7.87. The Morgan fingerprint density at radius 1 is 1.24 bits per heavy atom. The summed E-state index contributed by atoms with van der Waals surface area (Å²) in [4.78, 5) is 4.41. The Morgan fingerprint density at radius 3 is 2.64 bits per heavy atom. The highest BCUT2D eigenvalue weighted by atomic mass is 127. The van der Waals surface area contributed by atoms with Gasteiger partial charge in [-0.25, -0.2) is 9.67 Å². The van der Waals surface area contributed by atoms with Gasteiger partial charge in [0, 0.05) is 12.2 Å². The number of nitrogens with one attached hydrogen (secondary N) is 1. The minimum atomic E-state index is 0. The zero-order valence-electron chi connectivity index (χ0n) is 14.5. The van der Waals surface area contributed by atoms with Crippen LogP contribution >= 0.6 is 24.0 Å².